The zero-order valence-corrected chi connectivity index (χ0v) is 54.9. The second-order valence-corrected chi connectivity index (χ2v) is 30.9. The van der Waals surface area contributed by atoms with Gasteiger partial charge in [-0.3, -0.25) is 4.79 Å². The number of hydrogen-bond donors (Lipinski definition) is 18. The topological polar surface area (TPSA) is 492 Å². The van der Waals surface area contributed by atoms with E-state index in [1.165, 1.54) is 13.8 Å². The molecule has 0 aromatic carbocycles. The van der Waals surface area contributed by atoms with Gasteiger partial charge >= 0.3 is 5.97 Å². The lowest BCUT2D eigenvalue weighted by molar-refractivity contribution is -0.389. The van der Waals surface area contributed by atoms with E-state index in [9.17, 15) is 91.9 Å². The van der Waals surface area contributed by atoms with Crippen LogP contribution in [0.1, 0.15) is 113 Å². The summed E-state index contributed by atoms with van der Waals surface area (Å²) in [7, 11) is 0. The van der Waals surface area contributed by atoms with Gasteiger partial charge in [-0.1, -0.05) is 53.2 Å². The van der Waals surface area contributed by atoms with Crippen molar-refractivity contribution in [2.24, 2.45) is 50.2 Å². The van der Waals surface area contributed by atoms with Crippen LogP contribution in [-0.4, -0.2) is 315 Å². The first kappa shape index (κ1) is 74.2. The Morgan fingerprint density at radius 1 is 0.495 bits per heavy atom. The SMILES string of the molecule is C[C@@H]1O[C@H](O[C@@H]2[C@@H](O)[C@H](O[C@H]3CC[C@@]4(C)[C@@H](CC[C@]5(C)[C@@H]4CC=C4[C@@H]6CC(C)(C)CC[C@]6(C(=O)O[C@@H]6OC[C@@H](O)[C@H](O)[C@H]6O[C@H]6O[C@@H](C)[C@H](O[C@@H]7O[C@H](CO)[C@@H](O)[C@H](O)[C@H]7O)[C@@H](O)[C@H]6O)[C@H](O)C[C@]45C)[C@@]3(C)CO)O[C@H](CO)[C@H]2O[C@@H]2OC[C@@H](O)[C@H](O)[C@H]2O)[C@H](O)[C@H](O)[C@H]1O. The fourth-order valence-corrected chi connectivity index (χ4v) is 18.9. The number of carbonyl (C=O) groups is 1. The summed E-state index contributed by atoms with van der Waals surface area (Å²) in [6, 6.07) is 0. The summed E-state index contributed by atoms with van der Waals surface area (Å²) < 4.78 is 72.2. The van der Waals surface area contributed by atoms with Gasteiger partial charge in [-0.25, -0.2) is 0 Å². The molecule has 95 heavy (non-hydrogen) atoms. The van der Waals surface area contributed by atoms with Crippen molar-refractivity contribution in [3.63, 3.8) is 0 Å². The number of fused-ring (bicyclic) bond motifs is 7. The van der Waals surface area contributed by atoms with E-state index in [0.29, 0.717) is 44.9 Å². The number of hydrogen-bond acceptors (Lipinski definition) is 31. The van der Waals surface area contributed by atoms with Gasteiger partial charge in [0.15, 0.2) is 37.6 Å². The average Bonchev–Trinajstić information content (AvgIpc) is 0.671. The van der Waals surface area contributed by atoms with Gasteiger partial charge in [0, 0.05) is 5.41 Å². The molecule has 11 aliphatic rings. The van der Waals surface area contributed by atoms with Gasteiger partial charge in [0.05, 0.1) is 57.5 Å². The van der Waals surface area contributed by atoms with Gasteiger partial charge in [-0.2, -0.15) is 0 Å². The van der Waals surface area contributed by atoms with E-state index >= 15 is 4.79 Å². The molecule has 546 valence electrons. The molecule has 6 heterocycles. The molecular weight excluding hydrogens is 1260 g/mol. The lowest BCUT2D eigenvalue weighted by Crippen LogP contribution is -2.69. The Morgan fingerprint density at radius 2 is 1.04 bits per heavy atom. The van der Waals surface area contributed by atoms with Crippen LogP contribution in [0.15, 0.2) is 11.6 Å². The fourth-order valence-electron chi connectivity index (χ4n) is 18.9. The van der Waals surface area contributed by atoms with E-state index in [-0.39, 0.29) is 36.7 Å². The Hall–Kier alpha value is -1.95. The molecular formula is C64H104O31. The molecule has 0 bridgehead atoms. The molecule has 38 atom stereocenters. The van der Waals surface area contributed by atoms with Gasteiger partial charge in [-0.05, 0) is 111 Å². The normalized spacial score (nSPS) is 55.6. The largest absolute Gasteiger partial charge is 0.432 e. The van der Waals surface area contributed by atoms with Crippen LogP contribution >= 0.6 is 0 Å². The lowest BCUT2D eigenvalue weighted by atomic mass is 9.33. The number of carbonyl (C=O) groups excluding carboxylic acids is 1. The zero-order chi connectivity index (χ0) is 69.3. The third-order valence-electron chi connectivity index (χ3n) is 24.9. The van der Waals surface area contributed by atoms with E-state index in [1.807, 2.05) is 6.92 Å². The van der Waals surface area contributed by atoms with Crippen LogP contribution in [-0.2, 0) is 61.6 Å². The molecule has 31 nitrogen and oxygen atoms in total. The molecule has 0 amide bonds. The van der Waals surface area contributed by atoms with E-state index < -0.39 is 250 Å². The summed E-state index contributed by atoms with van der Waals surface area (Å²) >= 11 is 0. The van der Waals surface area contributed by atoms with Crippen molar-refractivity contribution in [3.05, 3.63) is 11.6 Å². The first-order valence-electron chi connectivity index (χ1n) is 33.7. The minimum absolute atomic E-state index is 0.0756. The molecule has 18 N–H and O–H groups in total. The Labute approximate surface area is 550 Å². The van der Waals surface area contributed by atoms with E-state index in [0.717, 1.165) is 5.57 Å². The number of allylic oxidation sites excluding steroid dienone is 2. The first-order chi connectivity index (χ1) is 44.6. The zero-order valence-electron chi connectivity index (χ0n) is 54.9. The molecule has 0 unspecified atom stereocenters. The maximum atomic E-state index is 15.5. The van der Waals surface area contributed by atoms with Crippen molar-refractivity contribution >= 4 is 5.97 Å². The minimum atomic E-state index is -1.98. The smallest absolute Gasteiger partial charge is 0.317 e. The molecule has 5 aliphatic carbocycles. The minimum Gasteiger partial charge on any atom is -0.432 e. The Morgan fingerprint density at radius 3 is 1.69 bits per heavy atom. The fraction of sp³-hybridized carbons (Fsp3) is 0.953. The number of rotatable bonds is 15. The van der Waals surface area contributed by atoms with Gasteiger partial charge in [0.2, 0.25) is 6.29 Å². The quantitative estimate of drug-likeness (QED) is 0.0414. The number of aliphatic hydroxyl groups is 18. The monoisotopic (exact) mass is 1370 g/mol. The van der Waals surface area contributed by atoms with Crippen LogP contribution in [0.25, 0.3) is 0 Å². The average molecular weight is 1370 g/mol. The van der Waals surface area contributed by atoms with E-state index in [4.69, 9.17) is 56.8 Å². The van der Waals surface area contributed by atoms with Crippen molar-refractivity contribution < 1.29 is 154 Å². The predicted octanol–water partition coefficient (Wildman–Crippen LogP) is -5.11. The molecule has 0 spiro atoms. The molecule has 4 saturated carbocycles. The molecule has 0 aromatic rings. The maximum Gasteiger partial charge on any atom is 0.317 e. The lowest BCUT2D eigenvalue weighted by Gasteiger charge is -2.72. The number of ether oxygens (including phenoxy) is 12. The van der Waals surface area contributed by atoms with Gasteiger partial charge in [0.25, 0.3) is 0 Å². The third-order valence-corrected chi connectivity index (χ3v) is 24.9. The predicted molar refractivity (Wildman–Crippen MR) is 316 cm³/mol. The van der Waals surface area contributed by atoms with E-state index in [2.05, 4.69) is 40.7 Å². The van der Waals surface area contributed by atoms with Crippen LogP contribution < -0.4 is 0 Å². The molecule has 0 aromatic heterocycles. The summed E-state index contributed by atoms with van der Waals surface area (Å²) in [5, 5.41) is 198. The van der Waals surface area contributed by atoms with Crippen LogP contribution in [0.4, 0.5) is 0 Å². The van der Waals surface area contributed by atoms with Crippen LogP contribution in [0.2, 0.25) is 0 Å². The molecule has 6 saturated heterocycles. The second-order valence-electron chi connectivity index (χ2n) is 30.9. The van der Waals surface area contributed by atoms with Crippen molar-refractivity contribution in [1.29, 1.82) is 0 Å². The highest BCUT2D eigenvalue weighted by atomic mass is 16.8. The second kappa shape index (κ2) is 27.7. The molecule has 11 rings (SSSR count). The van der Waals surface area contributed by atoms with Crippen LogP contribution in [0, 0.1) is 50.2 Å². The summed E-state index contributed by atoms with van der Waals surface area (Å²) in [6.45, 7) is 12.7. The standard InChI is InChI=1S/C64H104O31/c1-24-36(71)40(75)44(79)53(86-24)93-50-47(82)56(89-31(20-66)49(50)92-52-43(78)37(72)28(68)21-84-52)90-35-12-13-60(5)32(61(35,6)23-67)11-14-62(7)33(60)10-9-26-27-17-59(3,4)15-16-64(27,34(70)18-63(26,62)8)58(83)95-57-51(38(73)29(69)22-85-57)94-54-46(81)42(77)48(25(2)87-54)91-55-45(80)41(76)39(74)30(19-65)88-55/h9,24-25,27-57,65-82H,10-23H2,1-8H3/t24-,25-,27-,28+,29+,30+,31+,32+,33+,34+,35-,36-,37-,38-,39+,40+,41-,42-,43+,44+,45+,46+,47+,48-,49+,50+,51+,52-,53+,54+,55-,56-,57-,60-,61+,62+,63+,64+/m0/s1. The van der Waals surface area contributed by atoms with Gasteiger partial charge < -0.3 is 149 Å². The Bertz CT molecular complexity index is 2680. The highest BCUT2D eigenvalue weighted by Gasteiger charge is 2.73. The van der Waals surface area contributed by atoms with Gasteiger partial charge in [0.1, 0.15) is 121 Å². The van der Waals surface area contributed by atoms with Crippen molar-refractivity contribution in [1.82, 2.24) is 0 Å². The summed E-state index contributed by atoms with van der Waals surface area (Å²) in [6.07, 6.45) is -42.5. The summed E-state index contributed by atoms with van der Waals surface area (Å²) in [5.74, 6) is -1.75. The van der Waals surface area contributed by atoms with E-state index in [1.54, 1.807) is 0 Å². The van der Waals surface area contributed by atoms with Crippen molar-refractivity contribution in [3.8, 4) is 0 Å². The summed E-state index contributed by atoms with van der Waals surface area (Å²) in [5.41, 5.74) is -3.72. The summed E-state index contributed by atoms with van der Waals surface area (Å²) in [4.78, 5) is 15.5. The number of aliphatic hydroxyl groups excluding tert-OH is 18. The Balaban J connectivity index is 0.820. The van der Waals surface area contributed by atoms with Crippen LogP contribution in [0.3, 0.4) is 0 Å². The highest BCUT2D eigenvalue weighted by molar-refractivity contribution is 5.80. The Kier molecular flexibility index (Phi) is 21.6. The van der Waals surface area contributed by atoms with Crippen molar-refractivity contribution in [2.45, 2.75) is 297 Å². The number of esters is 1. The van der Waals surface area contributed by atoms with Crippen molar-refractivity contribution in [2.75, 3.05) is 33.0 Å². The van der Waals surface area contributed by atoms with Gasteiger partial charge in [-0.15, -0.1) is 0 Å². The maximum absolute atomic E-state index is 15.5. The molecule has 0 radical (unpaired) electrons. The first-order valence-corrected chi connectivity index (χ1v) is 33.7. The molecule has 10 fully saturated rings. The molecule has 31 heteroatoms. The highest BCUT2D eigenvalue weighted by Crippen LogP contribution is 2.76. The third kappa shape index (κ3) is 12.5. The molecule has 6 aliphatic heterocycles. The van der Waals surface area contributed by atoms with Crippen LogP contribution in [0.5, 0.6) is 0 Å².